The molecule has 1 amide bonds. The van der Waals surface area contributed by atoms with Gasteiger partial charge in [0, 0.05) is 19.7 Å². The Kier molecular flexibility index (Phi) is 4.87. The number of amides is 1. The van der Waals surface area contributed by atoms with Gasteiger partial charge in [0.15, 0.2) is 0 Å². The Labute approximate surface area is 123 Å². The van der Waals surface area contributed by atoms with Gasteiger partial charge in [0.25, 0.3) is 11.5 Å². The van der Waals surface area contributed by atoms with Gasteiger partial charge < -0.3 is 4.90 Å². The summed E-state index contributed by atoms with van der Waals surface area (Å²) in [6, 6.07) is 11.9. The fourth-order valence-electron chi connectivity index (χ4n) is 1.97. The van der Waals surface area contributed by atoms with Crippen molar-refractivity contribution >= 4 is 5.91 Å². The van der Waals surface area contributed by atoms with Crippen molar-refractivity contribution in [2.24, 2.45) is 0 Å². The summed E-state index contributed by atoms with van der Waals surface area (Å²) in [4.78, 5) is 25.8. The van der Waals surface area contributed by atoms with Crippen LogP contribution in [-0.4, -0.2) is 34.2 Å². The minimum absolute atomic E-state index is 0.173. The van der Waals surface area contributed by atoms with Crippen LogP contribution in [-0.2, 0) is 0 Å². The molecule has 0 spiro atoms. The summed E-state index contributed by atoms with van der Waals surface area (Å²) in [6.07, 6.45) is 1.97. The first kappa shape index (κ1) is 15.0. The lowest BCUT2D eigenvalue weighted by atomic mass is 10.3. The number of carbonyl (C=O) groups excluding carboxylic acids is 1. The molecule has 1 heterocycles. The highest BCUT2D eigenvalue weighted by atomic mass is 16.2. The zero-order valence-corrected chi connectivity index (χ0v) is 12.3. The van der Waals surface area contributed by atoms with Crippen molar-refractivity contribution in [1.82, 2.24) is 14.7 Å². The fraction of sp³-hybridized carbons (Fsp3) is 0.312. The SMILES string of the molecule is CCCCN(C)C(=O)c1ccc(=O)n(-c2ccccc2)n1. The zero-order chi connectivity index (χ0) is 15.2. The maximum atomic E-state index is 12.3. The molecule has 0 aliphatic carbocycles. The Balaban J connectivity index is 2.31. The van der Waals surface area contributed by atoms with Crippen LogP contribution in [0.25, 0.3) is 5.69 Å². The van der Waals surface area contributed by atoms with E-state index in [0.717, 1.165) is 12.8 Å². The molecule has 1 aromatic carbocycles. The normalized spacial score (nSPS) is 10.4. The summed E-state index contributed by atoms with van der Waals surface area (Å²) >= 11 is 0. The van der Waals surface area contributed by atoms with Crippen LogP contribution in [0.1, 0.15) is 30.3 Å². The molecule has 0 N–H and O–H groups in total. The van der Waals surface area contributed by atoms with Crippen molar-refractivity contribution in [2.75, 3.05) is 13.6 Å². The number of unbranched alkanes of at least 4 members (excludes halogenated alkanes) is 1. The Bertz CT molecular complexity index is 665. The molecule has 0 aliphatic heterocycles. The van der Waals surface area contributed by atoms with Gasteiger partial charge in [-0.05, 0) is 24.6 Å². The number of rotatable bonds is 5. The highest BCUT2D eigenvalue weighted by Gasteiger charge is 2.14. The molecule has 21 heavy (non-hydrogen) atoms. The number of carbonyl (C=O) groups is 1. The fourth-order valence-corrected chi connectivity index (χ4v) is 1.97. The lowest BCUT2D eigenvalue weighted by molar-refractivity contribution is 0.0785. The van der Waals surface area contributed by atoms with Gasteiger partial charge in [0.05, 0.1) is 5.69 Å². The monoisotopic (exact) mass is 285 g/mol. The Morgan fingerprint density at radius 1 is 1.19 bits per heavy atom. The van der Waals surface area contributed by atoms with Gasteiger partial charge in [-0.3, -0.25) is 9.59 Å². The van der Waals surface area contributed by atoms with Gasteiger partial charge in [-0.1, -0.05) is 31.5 Å². The largest absolute Gasteiger partial charge is 0.340 e. The number of aromatic nitrogens is 2. The first-order valence-electron chi connectivity index (χ1n) is 7.04. The lowest BCUT2D eigenvalue weighted by Gasteiger charge is -2.16. The molecule has 0 saturated carbocycles. The average molecular weight is 285 g/mol. The molecule has 1 aromatic heterocycles. The molecular weight excluding hydrogens is 266 g/mol. The third kappa shape index (κ3) is 3.56. The molecule has 0 fully saturated rings. The number of hydrogen-bond acceptors (Lipinski definition) is 3. The van der Waals surface area contributed by atoms with Crippen molar-refractivity contribution in [1.29, 1.82) is 0 Å². The van der Waals surface area contributed by atoms with Crippen LogP contribution < -0.4 is 5.56 Å². The van der Waals surface area contributed by atoms with Crippen molar-refractivity contribution in [2.45, 2.75) is 19.8 Å². The quantitative estimate of drug-likeness (QED) is 0.845. The van der Waals surface area contributed by atoms with Gasteiger partial charge in [-0.2, -0.15) is 9.78 Å². The van der Waals surface area contributed by atoms with E-state index in [4.69, 9.17) is 0 Å². The Morgan fingerprint density at radius 3 is 2.57 bits per heavy atom. The van der Waals surface area contributed by atoms with Crippen LogP contribution in [0.4, 0.5) is 0 Å². The molecule has 0 unspecified atom stereocenters. The summed E-state index contributed by atoms with van der Waals surface area (Å²) in [6.45, 7) is 2.76. The molecule has 0 bridgehead atoms. The van der Waals surface area contributed by atoms with Gasteiger partial charge in [-0.15, -0.1) is 0 Å². The standard InChI is InChI=1S/C16H19N3O2/c1-3-4-12-18(2)16(21)14-10-11-15(20)19(17-14)13-8-6-5-7-9-13/h5-11H,3-4,12H2,1-2H3. The van der Waals surface area contributed by atoms with E-state index in [9.17, 15) is 9.59 Å². The summed E-state index contributed by atoms with van der Waals surface area (Å²) < 4.78 is 1.25. The van der Waals surface area contributed by atoms with Gasteiger partial charge in [0.2, 0.25) is 0 Å². The predicted octanol–water partition coefficient (Wildman–Crippen LogP) is 2.10. The third-order valence-corrected chi connectivity index (χ3v) is 3.21. The third-order valence-electron chi connectivity index (χ3n) is 3.21. The maximum absolute atomic E-state index is 12.3. The Morgan fingerprint density at radius 2 is 1.90 bits per heavy atom. The number of hydrogen-bond donors (Lipinski definition) is 0. The topological polar surface area (TPSA) is 55.2 Å². The summed E-state index contributed by atoms with van der Waals surface area (Å²) in [5.41, 5.74) is 0.666. The Hall–Kier alpha value is -2.43. The summed E-state index contributed by atoms with van der Waals surface area (Å²) in [5.74, 6) is -0.173. The first-order chi connectivity index (χ1) is 10.1. The molecular formula is C16H19N3O2. The van der Waals surface area contributed by atoms with E-state index in [1.807, 2.05) is 18.2 Å². The van der Waals surface area contributed by atoms with Crippen LogP contribution >= 0.6 is 0 Å². The highest BCUT2D eigenvalue weighted by Crippen LogP contribution is 2.05. The minimum Gasteiger partial charge on any atom is -0.340 e. The second-order valence-electron chi connectivity index (χ2n) is 4.88. The molecule has 2 rings (SSSR count). The average Bonchev–Trinajstić information content (AvgIpc) is 2.53. The van der Waals surface area contributed by atoms with E-state index in [2.05, 4.69) is 12.0 Å². The van der Waals surface area contributed by atoms with E-state index in [0.29, 0.717) is 12.2 Å². The van der Waals surface area contributed by atoms with Crippen LogP contribution in [0, 0.1) is 0 Å². The predicted molar refractivity (Wildman–Crippen MR) is 81.7 cm³/mol. The van der Waals surface area contributed by atoms with E-state index < -0.39 is 0 Å². The van der Waals surface area contributed by atoms with Crippen molar-refractivity contribution in [3.63, 3.8) is 0 Å². The minimum atomic E-state index is -0.256. The molecule has 0 saturated heterocycles. The second kappa shape index (κ2) is 6.83. The van der Waals surface area contributed by atoms with Gasteiger partial charge in [0.1, 0.15) is 5.69 Å². The van der Waals surface area contributed by atoms with E-state index in [1.165, 1.54) is 16.8 Å². The zero-order valence-electron chi connectivity index (χ0n) is 12.3. The van der Waals surface area contributed by atoms with Crippen LogP contribution in [0.3, 0.4) is 0 Å². The van der Waals surface area contributed by atoms with Crippen LogP contribution in [0.2, 0.25) is 0 Å². The van der Waals surface area contributed by atoms with Crippen LogP contribution in [0.15, 0.2) is 47.3 Å². The number of para-hydroxylation sites is 1. The summed E-state index contributed by atoms with van der Waals surface area (Å²) in [5, 5.41) is 4.18. The van der Waals surface area contributed by atoms with E-state index in [-0.39, 0.29) is 17.2 Å². The molecule has 5 heteroatoms. The van der Waals surface area contributed by atoms with Crippen LogP contribution in [0.5, 0.6) is 0 Å². The molecule has 0 radical (unpaired) electrons. The highest BCUT2D eigenvalue weighted by molar-refractivity contribution is 5.91. The van der Waals surface area contributed by atoms with E-state index in [1.54, 1.807) is 24.1 Å². The van der Waals surface area contributed by atoms with Crippen molar-refractivity contribution < 1.29 is 4.79 Å². The molecule has 2 aromatic rings. The first-order valence-corrected chi connectivity index (χ1v) is 7.04. The second-order valence-corrected chi connectivity index (χ2v) is 4.88. The lowest BCUT2D eigenvalue weighted by Crippen LogP contribution is -2.31. The van der Waals surface area contributed by atoms with Crippen molar-refractivity contribution in [3.8, 4) is 5.69 Å². The van der Waals surface area contributed by atoms with Gasteiger partial charge in [-0.25, -0.2) is 0 Å². The number of nitrogens with zero attached hydrogens (tertiary/aromatic N) is 3. The smallest absolute Gasteiger partial charge is 0.274 e. The maximum Gasteiger partial charge on any atom is 0.274 e. The van der Waals surface area contributed by atoms with E-state index >= 15 is 0 Å². The molecule has 0 aliphatic rings. The molecule has 0 atom stereocenters. The van der Waals surface area contributed by atoms with Gasteiger partial charge >= 0.3 is 0 Å². The number of benzene rings is 1. The summed E-state index contributed by atoms with van der Waals surface area (Å²) in [7, 11) is 1.75. The molecule has 5 nitrogen and oxygen atoms in total. The van der Waals surface area contributed by atoms with Crippen molar-refractivity contribution in [3.05, 3.63) is 58.5 Å². The molecule has 110 valence electrons.